The molecule has 0 atom stereocenters. The quantitative estimate of drug-likeness (QED) is 0.660. The second kappa shape index (κ2) is 4.07. The molecule has 0 saturated heterocycles. The molecule has 2 heteroatoms. The Morgan fingerprint density at radius 2 is 2.18 bits per heavy atom. The Morgan fingerprint density at radius 3 is 2.55 bits per heavy atom. The highest BCUT2D eigenvalue weighted by Gasteiger charge is 2.36. The minimum absolute atomic E-state index is 0.158. The molecule has 0 radical (unpaired) electrons. The summed E-state index contributed by atoms with van der Waals surface area (Å²) >= 11 is 0. The van der Waals surface area contributed by atoms with Gasteiger partial charge in [-0.05, 0) is 25.7 Å². The monoisotopic (exact) mass is 158 g/mol. The van der Waals surface area contributed by atoms with Crippen LogP contribution in [0.5, 0.6) is 0 Å². The molecule has 66 valence electrons. The van der Waals surface area contributed by atoms with Gasteiger partial charge in [0, 0.05) is 0 Å². The van der Waals surface area contributed by atoms with Crippen LogP contribution in [0.3, 0.4) is 0 Å². The first-order chi connectivity index (χ1) is 5.33. The lowest BCUT2D eigenvalue weighted by Crippen LogP contribution is -2.40. The summed E-state index contributed by atoms with van der Waals surface area (Å²) in [7, 11) is 0. The fourth-order valence-corrected chi connectivity index (χ4v) is 1.76. The van der Waals surface area contributed by atoms with E-state index in [-0.39, 0.29) is 12.2 Å². The molecule has 0 bridgehead atoms. The van der Waals surface area contributed by atoms with E-state index in [9.17, 15) is 0 Å². The fourth-order valence-electron chi connectivity index (χ4n) is 1.76. The number of rotatable bonds is 5. The maximum Gasteiger partial charge on any atom is 0.0705 e. The minimum atomic E-state index is 0.158. The van der Waals surface area contributed by atoms with E-state index in [0.29, 0.717) is 6.61 Å². The zero-order chi connectivity index (χ0) is 8.16. The lowest BCUT2D eigenvalue weighted by molar-refractivity contribution is -0.113. The topological polar surface area (TPSA) is 29.5 Å². The molecule has 0 heterocycles. The second-order valence-corrected chi connectivity index (χ2v) is 3.36. The van der Waals surface area contributed by atoms with Crippen LogP contribution in [0.2, 0.25) is 0 Å². The second-order valence-electron chi connectivity index (χ2n) is 3.36. The number of aliphatic hydroxyl groups is 1. The van der Waals surface area contributed by atoms with E-state index in [1.165, 1.54) is 25.7 Å². The Morgan fingerprint density at radius 1 is 1.45 bits per heavy atom. The van der Waals surface area contributed by atoms with Crippen LogP contribution in [0.4, 0.5) is 0 Å². The van der Waals surface area contributed by atoms with Crippen molar-refractivity contribution in [1.29, 1.82) is 0 Å². The Bertz CT molecular complexity index is 108. The molecule has 11 heavy (non-hydrogen) atoms. The Balaban J connectivity index is 2.22. The predicted octanol–water partition coefficient (Wildman–Crippen LogP) is 1.72. The van der Waals surface area contributed by atoms with Gasteiger partial charge in [0.25, 0.3) is 0 Å². The van der Waals surface area contributed by atoms with E-state index in [1.807, 2.05) is 0 Å². The summed E-state index contributed by atoms with van der Waals surface area (Å²) in [6.45, 7) is 2.86. The van der Waals surface area contributed by atoms with Gasteiger partial charge in [0.05, 0.1) is 18.8 Å². The van der Waals surface area contributed by atoms with Crippen LogP contribution in [0, 0.1) is 0 Å². The Hall–Kier alpha value is -0.0800. The third-order valence-electron chi connectivity index (χ3n) is 2.47. The zero-order valence-electron chi connectivity index (χ0n) is 7.31. The molecule has 0 aromatic carbocycles. The van der Waals surface area contributed by atoms with Crippen LogP contribution < -0.4 is 0 Å². The average molecular weight is 158 g/mol. The molecular weight excluding hydrogens is 140 g/mol. The van der Waals surface area contributed by atoms with Crippen LogP contribution in [0.1, 0.15) is 39.0 Å². The van der Waals surface area contributed by atoms with E-state index < -0.39 is 0 Å². The number of hydrogen-bond acceptors (Lipinski definition) is 2. The van der Waals surface area contributed by atoms with Gasteiger partial charge in [-0.2, -0.15) is 0 Å². The van der Waals surface area contributed by atoms with Gasteiger partial charge in [0.2, 0.25) is 0 Å². The van der Waals surface area contributed by atoms with E-state index >= 15 is 0 Å². The van der Waals surface area contributed by atoms with Crippen molar-refractivity contribution >= 4 is 0 Å². The summed E-state index contributed by atoms with van der Waals surface area (Å²) in [5, 5.41) is 8.59. The fraction of sp³-hybridized carbons (Fsp3) is 1.00. The summed E-state index contributed by atoms with van der Waals surface area (Å²) in [6.07, 6.45) is 6.03. The van der Waals surface area contributed by atoms with Gasteiger partial charge >= 0.3 is 0 Å². The van der Waals surface area contributed by atoms with Crippen molar-refractivity contribution in [3.8, 4) is 0 Å². The largest absolute Gasteiger partial charge is 0.394 e. The van der Waals surface area contributed by atoms with Crippen LogP contribution in [-0.2, 0) is 4.74 Å². The van der Waals surface area contributed by atoms with Crippen LogP contribution in [0.15, 0.2) is 0 Å². The molecule has 0 aliphatic heterocycles. The van der Waals surface area contributed by atoms with Gasteiger partial charge in [0.1, 0.15) is 0 Å². The highest BCUT2D eigenvalue weighted by Crippen LogP contribution is 2.39. The first-order valence-electron chi connectivity index (χ1n) is 4.58. The molecule has 1 rings (SSSR count). The molecule has 0 unspecified atom stereocenters. The van der Waals surface area contributed by atoms with Crippen molar-refractivity contribution in [3.05, 3.63) is 0 Å². The Labute approximate surface area is 68.6 Å². The molecule has 1 fully saturated rings. The summed E-state index contributed by atoms with van der Waals surface area (Å²) < 4.78 is 5.61. The van der Waals surface area contributed by atoms with Gasteiger partial charge in [0.15, 0.2) is 0 Å². The normalized spacial score (nSPS) is 21.3. The van der Waals surface area contributed by atoms with Gasteiger partial charge in [-0.15, -0.1) is 0 Å². The van der Waals surface area contributed by atoms with Crippen molar-refractivity contribution in [3.63, 3.8) is 0 Å². The lowest BCUT2D eigenvalue weighted by atomic mass is 9.77. The predicted molar refractivity (Wildman–Crippen MR) is 44.5 cm³/mol. The molecule has 1 saturated carbocycles. The summed E-state index contributed by atoms with van der Waals surface area (Å²) in [5.74, 6) is 0. The van der Waals surface area contributed by atoms with Crippen molar-refractivity contribution < 1.29 is 9.84 Å². The van der Waals surface area contributed by atoms with E-state index in [4.69, 9.17) is 9.84 Å². The maximum absolute atomic E-state index is 8.59. The molecule has 1 aliphatic carbocycles. The zero-order valence-corrected chi connectivity index (χ0v) is 7.31. The van der Waals surface area contributed by atoms with Crippen LogP contribution >= 0.6 is 0 Å². The van der Waals surface area contributed by atoms with Crippen LogP contribution in [0.25, 0.3) is 0 Å². The van der Waals surface area contributed by atoms with Gasteiger partial charge < -0.3 is 9.84 Å². The van der Waals surface area contributed by atoms with Gasteiger partial charge in [-0.1, -0.05) is 13.3 Å². The van der Waals surface area contributed by atoms with E-state index in [1.54, 1.807) is 0 Å². The Kier molecular flexibility index (Phi) is 3.34. The first kappa shape index (κ1) is 9.01. The molecule has 0 amide bonds. The highest BCUT2D eigenvalue weighted by atomic mass is 16.5. The third kappa shape index (κ3) is 2.17. The highest BCUT2D eigenvalue weighted by molar-refractivity contribution is 4.89. The van der Waals surface area contributed by atoms with Crippen molar-refractivity contribution in [2.75, 3.05) is 13.2 Å². The number of aliphatic hydroxyl groups excluding tert-OH is 1. The van der Waals surface area contributed by atoms with E-state index in [0.717, 1.165) is 6.42 Å². The smallest absolute Gasteiger partial charge is 0.0705 e. The molecule has 2 nitrogen and oxygen atoms in total. The van der Waals surface area contributed by atoms with E-state index in [2.05, 4.69) is 6.92 Å². The number of ether oxygens (including phenoxy) is 1. The number of hydrogen-bond donors (Lipinski definition) is 1. The summed E-state index contributed by atoms with van der Waals surface area (Å²) in [4.78, 5) is 0. The molecule has 0 spiro atoms. The summed E-state index contributed by atoms with van der Waals surface area (Å²) in [6, 6.07) is 0. The SMILES string of the molecule is CCCC1(OCCO)CCC1. The molecule has 0 aromatic heterocycles. The summed E-state index contributed by atoms with van der Waals surface area (Å²) in [5.41, 5.74) is 0.164. The van der Waals surface area contributed by atoms with Gasteiger partial charge in [-0.3, -0.25) is 0 Å². The molecule has 1 aliphatic rings. The molecule has 0 aromatic rings. The van der Waals surface area contributed by atoms with Crippen molar-refractivity contribution in [2.45, 2.75) is 44.6 Å². The maximum atomic E-state index is 8.59. The third-order valence-corrected chi connectivity index (χ3v) is 2.47. The molecule has 1 N–H and O–H groups in total. The lowest BCUT2D eigenvalue weighted by Gasteiger charge is -2.41. The average Bonchev–Trinajstić information content (AvgIpc) is 1.95. The van der Waals surface area contributed by atoms with Crippen molar-refractivity contribution in [1.82, 2.24) is 0 Å². The minimum Gasteiger partial charge on any atom is -0.394 e. The molecular formula is C9H18O2. The first-order valence-corrected chi connectivity index (χ1v) is 4.58. The standard InChI is InChI=1S/C9H18O2/c1-2-4-9(5-3-6-9)11-8-7-10/h10H,2-8H2,1H3. The van der Waals surface area contributed by atoms with Crippen molar-refractivity contribution in [2.24, 2.45) is 0 Å². The van der Waals surface area contributed by atoms with Crippen LogP contribution in [-0.4, -0.2) is 23.9 Å². The van der Waals surface area contributed by atoms with Gasteiger partial charge in [-0.25, -0.2) is 0 Å².